The van der Waals surface area contributed by atoms with Crippen LogP contribution >= 0.6 is 0 Å². The molecule has 0 aromatic carbocycles. The van der Waals surface area contributed by atoms with Gasteiger partial charge in [-0.05, 0) is 25.0 Å². The summed E-state index contributed by atoms with van der Waals surface area (Å²) in [6.07, 6.45) is 6.20. The van der Waals surface area contributed by atoms with Gasteiger partial charge in [-0.2, -0.15) is 0 Å². The second-order valence-corrected chi connectivity index (χ2v) is 4.06. The Morgan fingerprint density at radius 3 is 2.93 bits per heavy atom. The highest BCUT2D eigenvalue weighted by molar-refractivity contribution is 5.97. The Hall–Kier alpha value is -1.18. The Balaban J connectivity index is 2.06. The molecule has 0 bridgehead atoms. The second kappa shape index (κ2) is 3.91. The molecule has 2 rings (SSSR count). The molecule has 0 saturated heterocycles. The lowest BCUT2D eigenvalue weighted by Crippen LogP contribution is -2.16. The van der Waals surface area contributed by atoms with Crippen LogP contribution in [0.25, 0.3) is 0 Å². The van der Waals surface area contributed by atoms with Crippen LogP contribution in [-0.2, 0) is 0 Å². The molecule has 1 aliphatic carbocycles. The lowest BCUT2D eigenvalue weighted by molar-refractivity contribution is 0.0935. The summed E-state index contributed by atoms with van der Waals surface area (Å²) in [5, 5.41) is 0. The number of carbonyl (C=O) groups is 1. The van der Waals surface area contributed by atoms with Gasteiger partial charge in [0.15, 0.2) is 5.78 Å². The van der Waals surface area contributed by atoms with Gasteiger partial charge < -0.3 is 0 Å². The van der Waals surface area contributed by atoms with E-state index in [9.17, 15) is 4.79 Å². The second-order valence-electron chi connectivity index (χ2n) is 4.06. The van der Waals surface area contributed by atoms with Crippen LogP contribution in [0.3, 0.4) is 0 Å². The average Bonchev–Trinajstić information content (AvgIpc) is 2.12. The fourth-order valence-corrected chi connectivity index (χ4v) is 1.85. The maximum atomic E-state index is 11.8. The molecule has 1 aromatic rings. The number of hydrogen-bond acceptors (Lipinski definition) is 2. The van der Waals surface area contributed by atoms with Gasteiger partial charge in [-0.1, -0.05) is 19.3 Å². The quantitative estimate of drug-likeness (QED) is 0.684. The van der Waals surface area contributed by atoms with E-state index in [1.807, 2.05) is 19.1 Å². The maximum Gasteiger partial charge on any atom is 0.164 e. The molecule has 0 unspecified atom stereocenters. The molecule has 0 aliphatic heterocycles. The molecule has 0 N–H and O–H groups in total. The van der Waals surface area contributed by atoms with Crippen molar-refractivity contribution in [2.75, 3.05) is 0 Å². The van der Waals surface area contributed by atoms with Gasteiger partial charge in [-0.25, -0.2) is 0 Å². The van der Waals surface area contributed by atoms with Crippen LogP contribution < -0.4 is 0 Å². The molecule has 0 radical (unpaired) electrons. The SMILES string of the molecule is Cc1ncccc1C(=O)CC1CCC1. The number of Topliss-reactive ketones (excluding diaryl/α,β-unsaturated/α-hetero) is 1. The highest BCUT2D eigenvalue weighted by Gasteiger charge is 2.21. The molecule has 1 heterocycles. The number of pyridine rings is 1. The molecule has 0 spiro atoms. The first-order chi connectivity index (χ1) is 6.77. The smallest absolute Gasteiger partial charge is 0.164 e. The van der Waals surface area contributed by atoms with Crippen molar-refractivity contribution < 1.29 is 4.79 Å². The summed E-state index contributed by atoms with van der Waals surface area (Å²) in [6.45, 7) is 1.90. The summed E-state index contributed by atoms with van der Waals surface area (Å²) in [4.78, 5) is 16.0. The summed E-state index contributed by atoms with van der Waals surface area (Å²) in [6, 6.07) is 3.71. The van der Waals surface area contributed by atoms with E-state index in [-0.39, 0.29) is 5.78 Å². The Bertz CT molecular complexity index is 342. The topological polar surface area (TPSA) is 30.0 Å². The van der Waals surface area contributed by atoms with Crippen molar-refractivity contribution in [2.24, 2.45) is 5.92 Å². The van der Waals surface area contributed by atoms with E-state index in [4.69, 9.17) is 0 Å². The fraction of sp³-hybridized carbons (Fsp3) is 0.500. The largest absolute Gasteiger partial charge is 0.294 e. The number of rotatable bonds is 3. The summed E-state index contributed by atoms with van der Waals surface area (Å²) >= 11 is 0. The van der Waals surface area contributed by atoms with Crippen LogP contribution in [0, 0.1) is 12.8 Å². The minimum Gasteiger partial charge on any atom is -0.294 e. The zero-order chi connectivity index (χ0) is 9.97. The number of nitrogens with zero attached hydrogens (tertiary/aromatic N) is 1. The number of aromatic nitrogens is 1. The molecule has 0 amide bonds. The Kier molecular flexibility index (Phi) is 2.62. The van der Waals surface area contributed by atoms with Gasteiger partial charge >= 0.3 is 0 Å². The van der Waals surface area contributed by atoms with E-state index in [1.54, 1.807) is 6.20 Å². The van der Waals surface area contributed by atoms with Gasteiger partial charge in [-0.15, -0.1) is 0 Å². The van der Waals surface area contributed by atoms with Crippen LogP contribution in [0.4, 0.5) is 0 Å². The van der Waals surface area contributed by atoms with Gasteiger partial charge in [0.1, 0.15) is 0 Å². The highest BCUT2D eigenvalue weighted by atomic mass is 16.1. The van der Waals surface area contributed by atoms with E-state index < -0.39 is 0 Å². The minimum absolute atomic E-state index is 0.264. The molecule has 14 heavy (non-hydrogen) atoms. The predicted octanol–water partition coefficient (Wildman–Crippen LogP) is 2.76. The third-order valence-electron chi connectivity index (χ3n) is 3.01. The number of carbonyl (C=O) groups excluding carboxylic acids is 1. The van der Waals surface area contributed by atoms with Crippen molar-refractivity contribution in [2.45, 2.75) is 32.6 Å². The molecular formula is C12H15NO. The van der Waals surface area contributed by atoms with E-state index >= 15 is 0 Å². The fourth-order valence-electron chi connectivity index (χ4n) is 1.85. The monoisotopic (exact) mass is 189 g/mol. The summed E-state index contributed by atoms with van der Waals surface area (Å²) in [5.41, 5.74) is 1.66. The molecule has 2 nitrogen and oxygen atoms in total. The Morgan fingerprint density at radius 2 is 2.36 bits per heavy atom. The molecule has 1 aromatic heterocycles. The van der Waals surface area contributed by atoms with Gasteiger partial charge in [-0.3, -0.25) is 9.78 Å². The number of hydrogen-bond donors (Lipinski definition) is 0. The Labute approximate surface area is 84.4 Å². The van der Waals surface area contributed by atoms with Crippen molar-refractivity contribution in [3.63, 3.8) is 0 Å². The summed E-state index contributed by atoms with van der Waals surface area (Å²) in [7, 11) is 0. The van der Waals surface area contributed by atoms with Gasteiger partial charge in [0.2, 0.25) is 0 Å². The van der Waals surface area contributed by atoms with Crippen molar-refractivity contribution in [3.05, 3.63) is 29.6 Å². The zero-order valence-corrected chi connectivity index (χ0v) is 8.49. The molecule has 1 aliphatic rings. The highest BCUT2D eigenvalue weighted by Crippen LogP contribution is 2.30. The van der Waals surface area contributed by atoms with Crippen LogP contribution in [0.1, 0.15) is 41.7 Å². The lowest BCUT2D eigenvalue weighted by Gasteiger charge is -2.24. The number of aryl methyl sites for hydroxylation is 1. The normalized spacial score (nSPS) is 16.4. The first-order valence-corrected chi connectivity index (χ1v) is 5.22. The van der Waals surface area contributed by atoms with Crippen LogP contribution in [0.5, 0.6) is 0 Å². The van der Waals surface area contributed by atoms with E-state index in [1.165, 1.54) is 19.3 Å². The van der Waals surface area contributed by atoms with Crippen molar-refractivity contribution in [1.29, 1.82) is 0 Å². The molecule has 2 heteroatoms. The maximum absolute atomic E-state index is 11.8. The molecule has 1 fully saturated rings. The predicted molar refractivity (Wildman–Crippen MR) is 55.3 cm³/mol. The van der Waals surface area contributed by atoms with Crippen LogP contribution in [0.15, 0.2) is 18.3 Å². The summed E-state index contributed by atoms with van der Waals surface area (Å²) < 4.78 is 0. The Morgan fingerprint density at radius 1 is 1.57 bits per heavy atom. The van der Waals surface area contributed by atoms with Crippen molar-refractivity contribution in [1.82, 2.24) is 4.98 Å². The molecule has 1 saturated carbocycles. The van der Waals surface area contributed by atoms with Crippen LogP contribution in [-0.4, -0.2) is 10.8 Å². The number of ketones is 1. The zero-order valence-electron chi connectivity index (χ0n) is 8.49. The van der Waals surface area contributed by atoms with Gasteiger partial charge in [0.25, 0.3) is 0 Å². The molecular weight excluding hydrogens is 174 g/mol. The standard InChI is InChI=1S/C12H15NO/c1-9-11(6-3-7-13-9)12(14)8-10-4-2-5-10/h3,6-7,10H,2,4-5,8H2,1H3. The molecule has 0 atom stereocenters. The average molecular weight is 189 g/mol. The third-order valence-corrected chi connectivity index (χ3v) is 3.01. The van der Waals surface area contributed by atoms with E-state index in [0.29, 0.717) is 12.3 Å². The lowest BCUT2D eigenvalue weighted by atomic mass is 9.81. The van der Waals surface area contributed by atoms with E-state index in [2.05, 4.69) is 4.98 Å². The van der Waals surface area contributed by atoms with Gasteiger partial charge in [0, 0.05) is 23.9 Å². The third kappa shape index (κ3) is 1.84. The minimum atomic E-state index is 0.264. The summed E-state index contributed by atoms with van der Waals surface area (Å²) in [5.74, 6) is 0.905. The molecule has 74 valence electrons. The van der Waals surface area contributed by atoms with Crippen molar-refractivity contribution in [3.8, 4) is 0 Å². The van der Waals surface area contributed by atoms with E-state index in [0.717, 1.165) is 11.3 Å². The van der Waals surface area contributed by atoms with Gasteiger partial charge in [0.05, 0.1) is 0 Å². The van der Waals surface area contributed by atoms with Crippen molar-refractivity contribution >= 4 is 5.78 Å². The first kappa shape index (κ1) is 9.38. The first-order valence-electron chi connectivity index (χ1n) is 5.22. The van der Waals surface area contributed by atoms with Crippen LogP contribution in [0.2, 0.25) is 0 Å².